The van der Waals surface area contributed by atoms with E-state index in [9.17, 15) is 28.8 Å². The highest BCUT2D eigenvalue weighted by molar-refractivity contribution is 6.35. The van der Waals surface area contributed by atoms with Gasteiger partial charge in [-0.05, 0) is 83.9 Å². The van der Waals surface area contributed by atoms with Crippen molar-refractivity contribution in [3.05, 3.63) is 202 Å². The molecule has 8 rings (SSSR count). The first-order valence-corrected chi connectivity index (χ1v) is 17.2. The van der Waals surface area contributed by atoms with Crippen LogP contribution in [0.3, 0.4) is 0 Å². The van der Waals surface area contributed by atoms with Crippen LogP contribution in [-0.4, -0.2) is 35.2 Å². The first-order valence-electron chi connectivity index (χ1n) is 17.2. The van der Waals surface area contributed by atoms with Gasteiger partial charge in [-0.1, -0.05) is 97.1 Å². The third-order valence-electron chi connectivity index (χ3n) is 9.18. The number of amides is 4. The standard InChI is InChI=1S/C46H28N2O7/c49-41(23-17-29-9-3-1-4-10-29)31-13-7-15-33(25-31)47-43(51)37-21-19-35(27-39(37)45(47)53)55-36-20-22-38-40(28-36)46(54)48(44(38)52)34-16-8-14-32(26-34)42(50)24-18-30-11-5-2-6-12-30/h1-28H/b23-17+,24-18+. The quantitative estimate of drug-likeness (QED) is 0.0788. The first kappa shape index (κ1) is 34.3. The zero-order chi connectivity index (χ0) is 38.1. The van der Waals surface area contributed by atoms with Gasteiger partial charge in [0.2, 0.25) is 0 Å². The summed E-state index contributed by atoms with van der Waals surface area (Å²) >= 11 is 0. The molecule has 55 heavy (non-hydrogen) atoms. The normalized spacial score (nSPS) is 13.5. The lowest BCUT2D eigenvalue weighted by Gasteiger charge is -2.14. The molecule has 0 fully saturated rings. The number of carbonyl (C=O) groups excluding carboxylic acids is 6. The molecule has 6 aromatic carbocycles. The molecule has 9 nitrogen and oxygen atoms in total. The maximum atomic E-state index is 13.6. The molecule has 0 atom stereocenters. The second kappa shape index (κ2) is 14.3. The predicted octanol–water partition coefficient (Wildman–Crippen LogP) is 8.87. The number of carbonyl (C=O) groups is 6. The summed E-state index contributed by atoms with van der Waals surface area (Å²) in [6, 6.07) is 40.2. The zero-order valence-corrected chi connectivity index (χ0v) is 28.9. The second-order valence-corrected chi connectivity index (χ2v) is 12.7. The minimum absolute atomic E-state index is 0.106. The van der Waals surface area contributed by atoms with Gasteiger partial charge >= 0.3 is 0 Å². The van der Waals surface area contributed by atoms with E-state index in [-0.39, 0.29) is 56.7 Å². The highest BCUT2D eigenvalue weighted by atomic mass is 16.5. The van der Waals surface area contributed by atoms with E-state index in [1.54, 1.807) is 48.6 Å². The number of ketones is 2. The van der Waals surface area contributed by atoms with Gasteiger partial charge in [-0.15, -0.1) is 0 Å². The van der Waals surface area contributed by atoms with Crippen molar-refractivity contribution in [3.63, 3.8) is 0 Å². The van der Waals surface area contributed by atoms with Crippen molar-refractivity contribution >= 4 is 58.7 Å². The Bertz CT molecular complexity index is 2460. The van der Waals surface area contributed by atoms with Crippen LogP contribution in [0.1, 0.15) is 73.3 Å². The van der Waals surface area contributed by atoms with Gasteiger partial charge in [0.25, 0.3) is 23.6 Å². The van der Waals surface area contributed by atoms with Crippen molar-refractivity contribution in [1.82, 2.24) is 0 Å². The van der Waals surface area contributed by atoms with Crippen LogP contribution in [0.5, 0.6) is 11.5 Å². The molecule has 0 spiro atoms. The fourth-order valence-electron chi connectivity index (χ4n) is 6.43. The zero-order valence-electron chi connectivity index (χ0n) is 28.9. The van der Waals surface area contributed by atoms with Gasteiger partial charge in [-0.25, -0.2) is 9.80 Å². The van der Waals surface area contributed by atoms with Crippen molar-refractivity contribution in [1.29, 1.82) is 0 Å². The van der Waals surface area contributed by atoms with Gasteiger partial charge in [-0.2, -0.15) is 0 Å². The van der Waals surface area contributed by atoms with Gasteiger partial charge in [0.15, 0.2) is 11.6 Å². The Morgan fingerprint density at radius 1 is 0.418 bits per heavy atom. The predicted molar refractivity (Wildman–Crippen MR) is 208 cm³/mol. The molecule has 9 heteroatoms. The summed E-state index contributed by atoms with van der Waals surface area (Å²) in [5.41, 5.74) is 3.38. The van der Waals surface area contributed by atoms with Crippen molar-refractivity contribution in [2.45, 2.75) is 0 Å². The molecular weight excluding hydrogens is 693 g/mol. The van der Waals surface area contributed by atoms with Gasteiger partial charge in [0.05, 0.1) is 33.6 Å². The molecule has 0 N–H and O–H groups in total. The lowest BCUT2D eigenvalue weighted by Crippen LogP contribution is -2.29. The van der Waals surface area contributed by atoms with E-state index >= 15 is 0 Å². The summed E-state index contributed by atoms with van der Waals surface area (Å²) in [4.78, 5) is 82.0. The molecule has 0 bridgehead atoms. The molecule has 0 saturated carbocycles. The van der Waals surface area contributed by atoms with Crippen LogP contribution in [0, 0.1) is 0 Å². The first-order chi connectivity index (χ1) is 26.7. The van der Waals surface area contributed by atoms with E-state index in [2.05, 4.69) is 0 Å². The number of ether oxygens (including phenoxy) is 1. The van der Waals surface area contributed by atoms with Crippen LogP contribution in [0.15, 0.2) is 158 Å². The highest BCUT2D eigenvalue weighted by Gasteiger charge is 2.39. The largest absolute Gasteiger partial charge is 0.457 e. The third-order valence-corrected chi connectivity index (χ3v) is 9.18. The molecule has 2 heterocycles. The van der Waals surface area contributed by atoms with Crippen molar-refractivity contribution in [3.8, 4) is 11.5 Å². The van der Waals surface area contributed by atoms with Crippen molar-refractivity contribution in [2.24, 2.45) is 0 Å². The number of hydrogen-bond donors (Lipinski definition) is 0. The summed E-state index contributed by atoms with van der Waals surface area (Å²) in [5, 5.41) is 0. The van der Waals surface area contributed by atoms with Crippen LogP contribution < -0.4 is 14.5 Å². The van der Waals surface area contributed by atoms with Crippen molar-refractivity contribution < 1.29 is 33.5 Å². The molecule has 0 aliphatic carbocycles. The van der Waals surface area contributed by atoms with Crippen LogP contribution >= 0.6 is 0 Å². The molecule has 0 radical (unpaired) electrons. The smallest absolute Gasteiger partial charge is 0.266 e. The Morgan fingerprint density at radius 2 is 0.818 bits per heavy atom. The number of rotatable bonds is 10. The summed E-state index contributed by atoms with van der Waals surface area (Å²) in [6.07, 6.45) is 6.26. The molecule has 2 aliphatic heterocycles. The molecular formula is C46H28N2O7. The average Bonchev–Trinajstić information content (AvgIpc) is 3.62. The van der Waals surface area contributed by atoms with Crippen LogP contribution in [-0.2, 0) is 0 Å². The fourth-order valence-corrected chi connectivity index (χ4v) is 6.43. The monoisotopic (exact) mass is 720 g/mol. The lowest BCUT2D eigenvalue weighted by atomic mass is 10.1. The SMILES string of the molecule is O=C(/C=C/c1ccccc1)c1cccc(N2C(=O)c3ccc(Oc4ccc5c(c4)C(=O)N(c4cccc(C(=O)/C=C/c6ccccc6)c4)C5=O)cc3C2=O)c1. The number of benzene rings is 6. The summed E-state index contributed by atoms with van der Waals surface area (Å²) in [5.74, 6) is -2.39. The van der Waals surface area contributed by atoms with Gasteiger partial charge in [-0.3, -0.25) is 28.8 Å². The number of nitrogens with zero attached hydrogens (tertiary/aromatic N) is 2. The average molecular weight is 721 g/mol. The van der Waals surface area contributed by atoms with E-state index in [1.807, 2.05) is 60.7 Å². The molecule has 2 aliphatic rings. The fraction of sp³-hybridized carbons (Fsp3) is 0. The van der Waals surface area contributed by atoms with E-state index < -0.39 is 23.6 Å². The van der Waals surface area contributed by atoms with Gasteiger partial charge < -0.3 is 4.74 Å². The molecule has 0 unspecified atom stereocenters. The molecule has 4 amide bonds. The van der Waals surface area contributed by atoms with E-state index in [4.69, 9.17) is 4.74 Å². The molecule has 0 saturated heterocycles. The van der Waals surface area contributed by atoms with Crippen molar-refractivity contribution in [2.75, 3.05) is 9.80 Å². The minimum Gasteiger partial charge on any atom is -0.457 e. The third kappa shape index (κ3) is 6.69. The number of imide groups is 2. The Hall–Kier alpha value is -7.78. The topological polar surface area (TPSA) is 118 Å². The van der Waals surface area contributed by atoms with Gasteiger partial charge in [0, 0.05) is 11.1 Å². The van der Waals surface area contributed by atoms with Crippen LogP contribution in [0.25, 0.3) is 12.2 Å². The maximum Gasteiger partial charge on any atom is 0.266 e. The van der Waals surface area contributed by atoms with E-state index in [0.717, 1.165) is 20.9 Å². The van der Waals surface area contributed by atoms with Crippen LogP contribution in [0.4, 0.5) is 11.4 Å². The Labute approximate surface area is 315 Å². The van der Waals surface area contributed by atoms with Crippen LogP contribution in [0.2, 0.25) is 0 Å². The number of allylic oxidation sites excluding steroid dienone is 2. The lowest BCUT2D eigenvalue weighted by molar-refractivity contribution is 0.0910. The number of hydrogen-bond acceptors (Lipinski definition) is 7. The summed E-state index contributed by atoms with van der Waals surface area (Å²) in [7, 11) is 0. The number of fused-ring (bicyclic) bond motifs is 2. The Morgan fingerprint density at radius 3 is 1.24 bits per heavy atom. The Balaban J connectivity index is 0.981. The second-order valence-electron chi connectivity index (χ2n) is 12.7. The molecule has 0 aromatic heterocycles. The summed E-state index contributed by atoms with van der Waals surface area (Å²) < 4.78 is 6.04. The Kier molecular flexibility index (Phi) is 8.94. The van der Waals surface area contributed by atoms with E-state index in [1.165, 1.54) is 60.7 Å². The van der Waals surface area contributed by atoms with Gasteiger partial charge in [0.1, 0.15) is 11.5 Å². The number of anilines is 2. The highest BCUT2D eigenvalue weighted by Crippen LogP contribution is 2.35. The summed E-state index contributed by atoms with van der Waals surface area (Å²) in [6.45, 7) is 0. The minimum atomic E-state index is -0.587. The molecule has 6 aromatic rings. The maximum absolute atomic E-state index is 13.6. The van der Waals surface area contributed by atoms with E-state index in [0.29, 0.717) is 11.1 Å². The molecule has 264 valence electrons.